The molecule has 9 rings (SSSR count). The van der Waals surface area contributed by atoms with E-state index >= 15 is 0 Å². The highest BCUT2D eigenvalue weighted by Crippen LogP contribution is 2.38. The van der Waals surface area contributed by atoms with E-state index in [1.165, 1.54) is 0 Å². The third-order valence-corrected chi connectivity index (χ3v) is 9.54. The first kappa shape index (κ1) is 28.5. The van der Waals surface area contributed by atoms with Gasteiger partial charge in [-0.05, 0) is 96.3 Å². The molecule has 5 aromatic rings. The topological polar surface area (TPSA) is 75.8 Å². The van der Waals surface area contributed by atoms with Gasteiger partial charge >= 0.3 is 0 Å². The third-order valence-electron chi connectivity index (χ3n) is 8.86. The minimum Gasteiger partial charge on any atom is -0.479 e. The monoisotopic (exact) mass is 658 g/mol. The van der Waals surface area contributed by atoms with Gasteiger partial charge in [0.15, 0.2) is 10.1 Å². The van der Waals surface area contributed by atoms with E-state index in [0.29, 0.717) is 23.3 Å². The molecule has 0 radical (unpaired) electrons. The van der Waals surface area contributed by atoms with Crippen LogP contribution < -0.4 is 0 Å². The first-order chi connectivity index (χ1) is 23.6. The first-order valence-electron chi connectivity index (χ1n) is 15.6. The minimum absolute atomic E-state index is 0.427. The molecule has 0 spiro atoms. The lowest BCUT2D eigenvalue weighted by molar-refractivity contribution is 0.376. The van der Waals surface area contributed by atoms with E-state index in [2.05, 4.69) is 82.8 Å². The lowest BCUT2D eigenvalue weighted by Crippen LogP contribution is -1.99. The average molecular weight is 659 g/mol. The Balaban J connectivity index is 1.48. The summed E-state index contributed by atoms with van der Waals surface area (Å²) in [6.45, 7) is 0.855. The zero-order chi connectivity index (χ0) is 32.2. The van der Waals surface area contributed by atoms with Crippen LogP contribution in [0.5, 0.6) is 0 Å². The Bertz CT molecular complexity index is 2310. The van der Waals surface area contributed by atoms with Crippen molar-refractivity contribution in [3.05, 3.63) is 131 Å². The second kappa shape index (κ2) is 11.5. The van der Waals surface area contributed by atoms with Gasteiger partial charge < -0.3 is 19.4 Å². The van der Waals surface area contributed by atoms with Crippen molar-refractivity contribution >= 4 is 92.1 Å². The molecule has 2 N–H and O–H groups in total. The molecule has 0 aliphatic carbocycles. The van der Waals surface area contributed by atoms with E-state index in [0.717, 1.165) is 89.4 Å². The molecule has 8 heteroatoms. The Morgan fingerprint density at radius 3 is 1.17 bits per heavy atom. The molecule has 230 valence electrons. The molecular formula is C40H26N4O2S2. The molecule has 8 bridgehead atoms. The van der Waals surface area contributed by atoms with Gasteiger partial charge in [0, 0.05) is 55.5 Å². The van der Waals surface area contributed by atoms with Crippen LogP contribution in [0.1, 0.15) is 33.9 Å². The van der Waals surface area contributed by atoms with Crippen LogP contribution in [0.2, 0.25) is 0 Å². The molecule has 2 aromatic carbocycles. The van der Waals surface area contributed by atoms with Gasteiger partial charge in [-0.25, -0.2) is 9.97 Å². The number of thiocarbonyl (C=S) groups is 2. The summed E-state index contributed by atoms with van der Waals surface area (Å²) in [6.07, 6.45) is 12.3. The Morgan fingerprint density at radius 1 is 0.458 bits per heavy atom. The van der Waals surface area contributed by atoms with Crippen molar-refractivity contribution in [2.24, 2.45) is 0 Å². The molecule has 0 unspecified atom stereocenters. The number of H-pyrrole nitrogens is 2. The minimum atomic E-state index is 0.427. The van der Waals surface area contributed by atoms with E-state index < -0.39 is 0 Å². The van der Waals surface area contributed by atoms with Gasteiger partial charge in [-0.1, -0.05) is 60.7 Å². The standard InChI is InChI=1S/C40H26N4O2S2/c47-39-25(19-21-45-39)37-31-15-11-27(41-31)35(23-7-3-1-4-8-23)28-12-16-32(42-28)38(26-20-22-46-40(26)48)34-18-14-30(44-34)36(24-9-5-2-6-10-24)29-13-17-33(37)43-29/h1-20,41,44H,21-22H2. The number of benzene rings is 2. The molecule has 0 saturated carbocycles. The number of hydrogen-bond donors (Lipinski definition) is 2. The second-order valence-electron chi connectivity index (χ2n) is 11.7. The van der Waals surface area contributed by atoms with E-state index in [-0.39, 0.29) is 0 Å². The van der Waals surface area contributed by atoms with E-state index in [4.69, 9.17) is 43.9 Å². The molecule has 0 atom stereocenters. The summed E-state index contributed by atoms with van der Waals surface area (Å²) in [6, 6.07) is 29.0. The maximum absolute atomic E-state index is 5.76. The van der Waals surface area contributed by atoms with Crippen molar-refractivity contribution in [3.8, 4) is 22.3 Å². The van der Waals surface area contributed by atoms with Gasteiger partial charge in [-0.3, -0.25) is 0 Å². The summed E-state index contributed by atoms with van der Waals surface area (Å²) in [5.74, 6) is 0. The van der Waals surface area contributed by atoms with Crippen molar-refractivity contribution in [3.63, 3.8) is 0 Å². The largest absolute Gasteiger partial charge is 0.479 e. The van der Waals surface area contributed by atoms with Gasteiger partial charge in [0.05, 0.1) is 22.8 Å². The Labute approximate surface area is 286 Å². The van der Waals surface area contributed by atoms with E-state index in [1.807, 2.05) is 48.6 Å². The van der Waals surface area contributed by atoms with Crippen LogP contribution in [0.25, 0.3) is 79.8 Å². The van der Waals surface area contributed by atoms with Crippen LogP contribution in [0.3, 0.4) is 0 Å². The highest BCUT2D eigenvalue weighted by atomic mass is 32.1. The third kappa shape index (κ3) is 4.76. The second-order valence-corrected chi connectivity index (χ2v) is 12.4. The van der Waals surface area contributed by atoms with Crippen LogP contribution in [-0.4, -0.2) is 43.3 Å². The van der Waals surface area contributed by atoms with Crippen molar-refractivity contribution in [1.29, 1.82) is 0 Å². The number of aromatic nitrogens is 4. The van der Waals surface area contributed by atoms with Crippen molar-refractivity contribution in [2.75, 3.05) is 13.2 Å². The highest BCUT2D eigenvalue weighted by molar-refractivity contribution is 7.81. The number of rotatable bonds is 4. The lowest BCUT2D eigenvalue weighted by atomic mass is 10.0. The fourth-order valence-corrected chi connectivity index (χ4v) is 7.23. The highest BCUT2D eigenvalue weighted by Gasteiger charge is 2.24. The maximum atomic E-state index is 5.76. The fourth-order valence-electron chi connectivity index (χ4n) is 6.72. The molecule has 48 heavy (non-hydrogen) atoms. The van der Waals surface area contributed by atoms with Crippen LogP contribution in [-0.2, 0) is 9.47 Å². The van der Waals surface area contributed by atoms with Gasteiger partial charge in [0.1, 0.15) is 13.2 Å². The predicted molar refractivity (Wildman–Crippen MR) is 203 cm³/mol. The zero-order valence-corrected chi connectivity index (χ0v) is 27.1. The fraction of sp³-hybridized carbons (Fsp3) is 0.0500. The van der Waals surface area contributed by atoms with Gasteiger partial charge in [-0.2, -0.15) is 0 Å². The van der Waals surface area contributed by atoms with E-state index in [9.17, 15) is 0 Å². The Kier molecular flexibility index (Phi) is 6.85. The zero-order valence-electron chi connectivity index (χ0n) is 25.5. The molecular weight excluding hydrogens is 633 g/mol. The number of aromatic amines is 2. The number of ether oxygens (including phenoxy) is 2. The van der Waals surface area contributed by atoms with Crippen LogP contribution in [0.4, 0.5) is 0 Å². The molecule has 0 fully saturated rings. The molecule has 4 aliphatic rings. The van der Waals surface area contributed by atoms with Gasteiger partial charge in [0.25, 0.3) is 0 Å². The molecule has 0 saturated heterocycles. The van der Waals surface area contributed by atoms with E-state index in [1.54, 1.807) is 0 Å². The van der Waals surface area contributed by atoms with Crippen molar-refractivity contribution < 1.29 is 9.47 Å². The summed E-state index contributed by atoms with van der Waals surface area (Å²) < 4.78 is 11.5. The number of fused-ring (bicyclic) bond motifs is 8. The number of nitrogens with zero attached hydrogens (tertiary/aromatic N) is 2. The quantitative estimate of drug-likeness (QED) is 0.184. The molecule has 0 amide bonds. The summed E-state index contributed by atoms with van der Waals surface area (Å²) >= 11 is 11.4. The predicted octanol–water partition coefficient (Wildman–Crippen LogP) is 9.47. The first-order valence-corrected chi connectivity index (χ1v) is 16.5. The number of hydrogen-bond acceptors (Lipinski definition) is 6. The average Bonchev–Trinajstić information content (AvgIpc) is 3.96. The summed E-state index contributed by atoms with van der Waals surface area (Å²) in [7, 11) is 0. The van der Waals surface area contributed by atoms with Gasteiger partial charge in [0.2, 0.25) is 0 Å². The molecule has 4 aliphatic heterocycles. The smallest absolute Gasteiger partial charge is 0.192 e. The Morgan fingerprint density at radius 2 is 0.812 bits per heavy atom. The summed E-state index contributed by atoms with van der Waals surface area (Å²) in [5.41, 5.74) is 14.4. The van der Waals surface area contributed by atoms with Gasteiger partial charge in [-0.15, -0.1) is 0 Å². The Hall–Kier alpha value is -5.70. The summed E-state index contributed by atoms with van der Waals surface area (Å²) in [4.78, 5) is 18.0. The molecule has 3 aromatic heterocycles. The van der Waals surface area contributed by atoms with Crippen LogP contribution >= 0.6 is 24.4 Å². The van der Waals surface area contributed by atoms with Crippen LogP contribution in [0, 0.1) is 0 Å². The summed E-state index contributed by atoms with van der Waals surface area (Å²) in [5, 5.41) is 0.921. The SMILES string of the molecule is S=C1OCC=C1c1c2nc(c(-c3ccccc3)c3ccc([nH]3)c(C3=CCOC3=S)c3nc(c(-c4ccccc4)c4ccc1[nH]4)C=C3)C=C2. The maximum Gasteiger partial charge on any atom is 0.192 e. The lowest BCUT2D eigenvalue weighted by Gasteiger charge is -2.07. The van der Waals surface area contributed by atoms with Crippen LogP contribution in [0.15, 0.2) is 97.1 Å². The van der Waals surface area contributed by atoms with Crippen molar-refractivity contribution in [1.82, 2.24) is 19.9 Å². The van der Waals surface area contributed by atoms with Crippen molar-refractivity contribution in [2.45, 2.75) is 0 Å². The normalized spacial score (nSPS) is 15.0. The molecule has 6 nitrogen and oxygen atoms in total. The molecule has 7 heterocycles. The number of nitrogens with one attached hydrogen (secondary N) is 2.